The van der Waals surface area contributed by atoms with Crippen LogP contribution in [-0.4, -0.2) is 31.5 Å². The molecule has 0 radical (unpaired) electrons. The Morgan fingerprint density at radius 2 is 1.81 bits per heavy atom. The van der Waals surface area contributed by atoms with Crippen LogP contribution in [0.2, 0.25) is 0 Å². The van der Waals surface area contributed by atoms with Gasteiger partial charge in [0.15, 0.2) is 0 Å². The number of nitrogens with one attached hydrogen (secondary N) is 1. The van der Waals surface area contributed by atoms with Crippen LogP contribution in [0.25, 0.3) is 11.1 Å². The Morgan fingerprint density at radius 3 is 2.45 bits per heavy atom. The number of nitrogens with zero attached hydrogens (tertiary/aromatic N) is 1. The van der Waals surface area contributed by atoms with Gasteiger partial charge >= 0.3 is 12.3 Å². The van der Waals surface area contributed by atoms with Gasteiger partial charge in [0, 0.05) is 18.3 Å². The molecule has 31 heavy (non-hydrogen) atoms. The molecule has 1 heterocycles. The lowest BCUT2D eigenvalue weighted by Crippen LogP contribution is -2.17. The zero-order valence-electron chi connectivity index (χ0n) is 16.7. The van der Waals surface area contributed by atoms with Gasteiger partial charge in [0.25, 0.3) is 0 Å². The van der Waals surface area contributed by atoms with E-state index in [-0.39, 0.29) is 12.3 Å². The Balaban J connectivity index is 1.70. The summed E-state index contributed by atoms with van der Waals surface area (Å²) in [4.78, 5) is 16.3. The summed E-state index contributed by atoms with van der Waals surface area (Å²) in [6.45, 7) is 0.260. The van der Waals surface area contributed by atoms with Crippen LogP contribution in [0.4, 0.5) is 19.0 Å². The first-order valence-electron chi connectivity index (χ1n) is 9.10. The average Bonchev–Trinajstić information content (AvgIpc) is 2.76. The molecule has 1 aromatic heterocycles. The number of carbonyl (C=O) groups excluding carboxylic acids is 1. The number of benzene rings is 2. The third-order valence-electron chi connectivity index (χ3n) is 4.31. The van der Waals surface area contributed by atoms with Crippen molar-refractivity contribution in [3.63, 3.8) is 0 Å². The molecule has 0 aliphatic rings. The van der Waals surface area contributed by atoms with Crippen molar-refractivity contribution in [2.24, 2.45) is 0 Å². The van der Waals surface area contributed by atoms with E-state index in [0.717, 1.165) is 11.1 Å². The first-order chi connectivity index (χ1) is 14.8. The minimum Gasteiger partial charge on any atom is -0.496 e. The molecule has 0 saturated heterocycles. The summed E-state index contributed by atoms with van der Waals surface area (Å²) in [5.74, 6) is 0.142. The highest BCUT2D eigenvalue weighted by atomic mass is 19.4. The summed E-state index contributed by atoms with van der Waals surface area (Å²) in [6, 6.07) is 14.4. The number of anilines is 1. The summed E-state index contributed by atoms with van der Waals surface area (Å²) in [5.41, 5.74) is 2.41. The summed E-state index contributed by atoms with van der Waals surface area (Å²) in [6.07, 6.45) is -3.12. The van der Waals surface area contributed by atoms with Crippen LogP contribution in [0.3, 0.4) is 0 Å². The fourth-order valence-electron chi connectivity index (χ4n) is 2.87. The van der Waals surface area contributed by atoms with Crippen molar-refractivity contribution in [2.45, 2.75) is 12.9 Å². The number of halogens is 3. The molecule has 0 aliphatic carbocycles. The van der Waals surface area contributed by atoms with Crippen LogP contribution in [-0.2, 0) is 11.3 Å². The molecular formula is C22H19F3N2O4. The molecule has 162 valence electrons. The second-order valence-electron chi connectivity index (χ2n) is 6.39. The van der Waals surface area contributed by atoms with Crippen molar-refractivity contribution in [3.8, 4) is 22.6 Å². The number of rotatable bonds is 7. The Hall–Kier alpha value is -3.75. The van der Waals surface area contributed by atoms with Crippen molar-refractivity contribution in [1.29, 1.82) is 0 Å². The predicted molar refractivity (Wildman–Crippen MR) is 108 cm³/mol. The zero-order valence-corrected chi connectivity index (χ0v) is 16.7. The molecule has 3 rings (SSSR count). The maximum absolute atomic E-state index is 12.4. The van der Waals surface area contributed by atoms with Gasteiger partial charge in [-0.3, -0.25) is 0 Å². The third-order valence-corrected chi connectivity index (χ3v) is 4.31. The number of pyridine rings is 1. The van der Waals surface area contributed by atoms with E-state index < -0.39 is 12.3 Å². The van der Waals surface area contributed by atoms with Crippen molar-refractivity contribution in [2.75, 3.05) is 19.5 Å². The second kappa shape index (κ2) is 9.38. The van der Waals surface area contributed by atoms with Gasteiger partial charge in [-0.1, -0.05) is 18.2 Å². The molecule has 1 N–H and O–H groups in total. The van der Waals surface area contributed by atoms with Gasteiger partial charge in [0.1, 0.15) is 22.9 Å². The zero-order chi connectivity index (χ0) is 22.4. The van der Waals surface area contributed by atoms with Crippen molar-refractivity contribution < 1.29 is 32.2 Å². The minimum atomic E-state index is -4.74. The highest BCUT2D eigenvalue weighted by Gasteiger charge is 2.31. The number of aromatic nitrogens is 1. The van der Waals surface area contributed by atoms with E-state index in [2.05, 4.69) is 15.0 Å². The molecule has 0 aliphatic heterocycles. The van der Waals surface area contributed by atoms with E-state index >= 15 is 0 Å². The van der Waals surface area contributed by atoms with Gasteiger partial charge < -0.3 is 19.5 Å². The van der Waals surface area contributed by atoms with Crippen LogP contribution in [0.5, 0.6) is 11.5 Å². The molecule has 2 aromatic carbocycles. The van der Waals surface area contributed by atoms with Crippen LogP contribution < -0.4 is 14.8 Å². The van der Waals surface area contributed by atoms with Gasteiger partial charge in [-0.25, -0.2) is 9.78 Å². The van der Waals surface area contributed by atoms with Crippen molar-refractivity contribution in [3.05, 3.63) is 71.9 Å². The summed E-state index contributed by atoms with van der Waals surface area (Å²) in [5, 5.41) is 3.04. The maximum atomic E-state index is 12.4. The molecule has 6 nitrogen and oxygen atoms in total. The molecule has 9 heteroatoms. The van der Waals surface area contributed by atoms with Crippen LogP contribution in [0.15, 0.2) is 60.8 Å². The van der Waals surface area contributed by atoms with E-state index in [1.165, 1.54) is 32.4 Å². The number of hydrogen-bond acceptors (Lipinski definition) is 6. The van der Waals surface area contributed by atoms with Gasteiger partial charge in [-0.2, -0.15) is 0 Å². The average molecular weight is 432 g/mol. The Kier molecular flexibility index (Phi) is 6.64. The normalized spacial score (nSPS) is 11.0. The van der Waals surface area contributed by atoms with Crippen LogP contribution in [0.1, 0.15) is 15.9 Å². The number of hydrogen-bond donors (Lipinski definition) is 1. The quantitative estimate of drug-likeness (QED) is 0.527. The van der Waals surface area contributed by atoms with Gasteiger partial charge in [0.2, 0.25) is 0 Å². The molecule has 0 spiro atoms. The molecule has 0 unspecified atom stereocenters. The number of carbonyl (C=O) groups is 1. The molecule has 0 fully saturated rings. The number of esters is 1. The molecule has 0 saturated carbocycles. The Labute approximate surface area is 176 Å². The first kappa shape index (κ1) is 21.9. The second-order valence-corrected chi connectivity index (χ2v) is 6.39. The number of alkyl halides is 3. The van der Waals surface area contributed by atoms with E-state index in [1.54, 1.807) is 42.6 Å². The Bertz CT molecular complexity index is 1050. The lowest BCUT2D eigenvalue weighted by molar-refractivity contribution is -0.274. The summed E-state index contributed by atoms with van der Waals surface area (Å²) >= 11 is 0. The van der Waals surface area contributed by atoms with E-state index in [1.807, 2.05) is 0 Å². The standard InChI is InChI=1S/C22H19F3N2O4/c1-29-19-8-6-15(11-18(19)21(28)30-2)16-7-9-20(27-13-16)26-12-14-4-3-5-17(10-14)31-22(23,24)25/h3-11,13H,12H2,1-2H3,(H,26,27). The lowest BCUT2D eigenvalue weighted by Gasteiger charge is -2.11. The fourth-order valence-corrected chi connectivity index (χ4v) is 2.87. The smallest absolute Gasteiger partial charge is 0.496 e. The van der Waals surface area contributed by atoms with Crippen LogP contribution >= 0.6 is 0 Å². The van der Waals surface area contributed by atoms with E-state index in [4.69, 9.17) is 9.47 Å². The monoisotopic (exact) mass is 432 g/mol. The fraction of sp³-hybridized carbons (Fsp3) is 0.182. The van der Waals surface area contributed by atoms with Gasteiger partial charge in [0.05, 0.1) is 14.2 Å². The lowest BCUT2D eigenvalue weighted by atomic mass is 10.0. The maximum Gasteiger partial charge on any atom is 0.573 e. The van der Waals surface area contributed by atoms with E-state index in [9.17, 15) is 18.0 Å². The Morgan fingerprint density at radius 1 is 1.03 bits per heavy atom. The molecule has 0 amide bonds. The summed E-state index contributed by atoms with van der Waals surface area (Å²) in [7, 11) is 2.76. The number of ether oxygens (including phenoxy) is 3. The van der Waals surface area contributed by atoms with Gasteiger partial charge in [-0.15, -0.1) is 13.2 Å². The molecule has 0 atom stereocenters. The largest absolute Gasteiger partial charge is 0.573 e. The molecular weight excluding hydrogens is 413 g/mol. The van der Waals surface area contributed by atoms with Crippen molar-refractivity contribution in [1.82, 2.24) is 4.98 Å². The predicted octanol–water partition coefficient (Wildman–Crippen LogP) is 5.05. The topological polar surface area (TPSA) is 69.7 Å². The minimum absolute atomic E-state index is 0.260. The number of methoxy groups -OCH3 is 2. The van der Waals surface area contributed by atoms with E-state index in [0.29, 0.717) is 22.7 Å². The third kappa shape index (κ3) is 5.88. The first-order valence-corrected chi connectivity index (χ1v) is 9.10. The van der Waals surface area contributed by atoms with Crippen molar-refractivity contribution >= 4 is 11.8 Å². The van der Waals surface area contributed by atoms with Crippen LogP contribution in [0, 0.1) is 0 Å². The summed E-state index contributed by atoms with van der Waals surface area (Å²) < 4.78 is 51.0. The van der Waals surface area contributed by atoms with Gasteiger partial charge in [-0.05, 0) is 47.5 Å². The molecule has 0 bridgehead atoms. The molecule has 3 aromatic rings. The highest BCUT2D eigenvalue weighted by Crippen LogP contribution is 2.28. The SMILES string of the molecule is COC(=O)c1cc(-c2ccc(NCc3cccc(OC(F)(F)F)c3)nc2)ccc1OC. The highest BCUT2D eigenvalue weighted by molar-refractivity contribution is 5.94.